The number of nitrogens with one attached hydrogen (secondary N) is 1. The number of benzene rings is 1. The van der Waals surface area contributed by atoms with E-state index < -0.39 is 0 Å². The Morgan fingerprint density at radius 2 is 2.05 bits per heavy atom. The molecule has 112 valence electrons. The molecule has 3 nitrogen and oxygen atoms in total. The van der Waals surface area contributed by atoms with Gasteiger partial charge in [-0.1, -0.05) is 35.4 Å². The molecule has 1 aliphatic rings. The molecular weight excluding hydrogens is 304 g/mol. The van der Waals surface area contributed by atoms with Gasteiger partial charge in [0.2, 0.25) is 0 Å². The van der Waals surface area contributed by atoms with Crippen molar-refractivity contribution in [2.45, 2.75) is 32.7 Å². The third kappa shape index (κ3) is 3.39. The fourth-order valence-corrected chi connectivity index (χ4v) is 3.84. The predicted molar refractivity (Wildman–Crippen MR) is 89.3 cm³/mol. The molecule has 21 heavy (non-hydrogen) atoms. The lowest BCUT2D eigenvalue weighted by atomic mass is 10.1. The molecule has 2 aromatic rings. The average Bonchev–Trinajstić information content (AvgIpc) is 2.84. The van der Waals surface area contributed by atoms with Gasteiger partial charge in [0.15, 0.2) is 0 Å². The van der Waals surface area contributed by atoms with E-state index in [2.05, 4.69) is 9.88 Å². The Morgan fingerprint density at radius 3 is 2.76 bits per heavy atom. The normalized spacial score (nSPS) is 16.3. The smallest absolute Gasteiger partial charge is 0.305 e. The standard InChI is InChI=1S/C16H19ClN2OS/c1-11-9-12(5-6-13(11)17)15-14(21-16(20)18-15)10-19-7-3-2-4-8-19/h5-6,9H,2-4,7-8,10H2,1H3,(H,18,20). The van der Waals surface area contributed by atoms with Gasteiger partial charge >= 0.3 is 4.87 Å². The largest absolute Gasteiger partial charge is 0.312 e. The number of aromatic amines is 1. The summed E-state index contributed by atoms with van der Waals surface area (Å²) in [5, 5.41) is 0.758. The zero-order chi connectivity index (χ0) is 14.8. The highest BCUT2D eigenvalue weighted by Crippen LogP contribution is 2.28. The van der Waals surface area contributed by atoms with Crippen LogP contribution in [0.15, 0.2) is 23.0 Å². The van der Waals surface area contributed by atoms with Gasteiger partial charge in [0, 0.05) is 16.4 Å². The number of piperidine rings is 1. The molecule has 0 radical (unpaired) electrons. The van der Waals surface area contributed by atoms with E-state index in [9.17, 15) is 4.79 Å². The quantitative estimate of drug-likeness (QED) is 0.925. The maximum Gasteiger partial charge on any atom is 0.305 e. The lowest BCUT2D eigenvalue weighted by Crippen LogP contribution is -2.28. The molecule has 3 rings (SSSR count). The second kappa shape index (κ2) is 6.34. The minimum absolute atomic E-state index is 0.0182. The molecular formula is C16H19ClN2OS. The van der Waals surface area contributed by atoms with Crippen molar-refractivity contribution in [3.8, 4) is 11.3 Å². The third-order valence-electron chi connectivity index (χ3n) is 3.98. The van der Waals surface area contributed by atoms with Crippen LogP contribution in [0.5, 0.6) is 0 Å². The van der Waals surface area contributed by atoms with E-state index in [0.29, 0.717) is 0 Å². The maximum absolute atomic E-state index is 11.8. The van der Waals surface area contributed by atoms with Crippen LogP contribution in [0.4, 0.5) is 0 Å². The SMILES string of the molecule is Cc1cc(-c2[nH]c(=O)sc2CN2CCCCC2)ccc1Cl. The first-order valence-electron chi connectivity index (χ1n) is 7.34. The van der Waals surface area contributed by atoms with Crippen LogP contribution < -0.4 is 4.87 Å². The van der Waals surface area contributed by atoms with E-state index in [0.717, 1.165) is 46.4 Å². The van der Waals surface area contributed by atoms with E-state index in [1.165, 1.54) is 30.6 Å². The molecule has 0 aliphatic carbocycles. The Hall–Kier alpha value is -1.10. The molecule has 1 saturated heterocycles. The molecule has 1 aromatic heterocycles. The lowest BCUT2D eigenvalue weighted by molar-refractivity contribution is 0.223. The summed E-state index contributed by atoms with van der Waals surface area (Å²) < 4.78 is 0. The second-order valence-electron chi connectivity index (χ2n) is 5.61. The average molecular weight is 323 g/mol. The van der Waals surface area contributed by atoms with E-state index in [4.69, 9.17) is 11.6 Å². The zero-order valence-corrected chi connectivity index (χ0v) is 13.7. The van der Waals surface area contributed by atoms with Gasteiger partial charge in [0.25, 0.3) is 0 Å². The molecule has 5 heteroatoms. The van der Waals surface area contributed by atoms with Crippen LogP contribution in [0, 0.1) is 6.92 Å². The van der Waals surface area contributed by atoms with Gasteiger partial charge in [0.1, 0.15) is 0 Å². The Kier molecular flexibility index (Phi) is 4.48. The highest BCUT2D eigenvalue weighted by atomic mass is 35.5. The third-order valence-corrected chi connectivity index (χ3v) is 5.28. The number of aromatic nitrogens is 1. The van der Waals surface area contributed by atoms with Gasteiger partial charge in [-0.25, -0.2) is 0 Å². The first kappa shape index (κ1) is 14.8. The van der Waals surface area contributed by atoms with Gasteiger partial charge in [-0.15, -0.1) is 0 Å². The fourth-order valence-electron chi connectivity index (χ4n) is 2.83. The molecule has 0 atom stereocenters. The minimum Gasteiger partial charge on any atom is -0.312 e. The maximum atomic E-state index is 11.8. The van der Waals surface area contributed by atoms with Gasteiger partial charge in [0.05, 0.1) is 5.69 Å². The molecule has 0 spiro atoms. The summed E-state index contributed by atoms with van der Waals surface area (Å²) in [6.07, 6.45) is 3.84. The fraction of sp³-hybridized carbons (Fsp3) is 0.438. The van der Waals surface area contributed by atoms with E-state index in [1.54, 1.807) is 0 Å². The Labute approximate surface area is 133 Å². The van der Waals surface area contributed by atoms with Gasteiger partial charge < -0.3 is 4.98 Å². The molecule has 1 fully saturated rings. The Morgan fingerprint density at radius 1 is 1.29 bits per heavy atom. The van der Waals surface area contributed by atoms with Crippen LogP contribution in [0.25, 0.3) is 11.3 Å². The van der Waals surface area contributed by atoms with Crippen molar-refractivity contribution in [3.63, 3.8) is 0 Å². The highest BCUT2D eigenvalue weighted by molar-refractivity contribution is 7.09. The first-order chi connectivity index (χ1) is 10.1. The summed E-state index contributed by atoms with van der Waals surface area (Å²) in [6.45, 7) is 5.11. The predicted octanol–water partition coefficient (Wildman–Crippen LogP) is 4.05. The zero-order valence-electron chi connectivity index (χ0n) is 12.1. The number of nitrogens with zero attached hydrogens (tertiary/aromatic N) is 1. The number of H-pyrrole nitrogens is 1. The van der Waals surface area contributed by atoms with Crippen molar-refractivity contribution < 1.29 is 0 Å². The number of halogens is 1. The van der Waals surface area contributed by atoms with Gasteiger partial charge in [-0.05, 0) is 56.1 Å². The first-order valence-corrected chi connectivity index (χ1v) is 8.54. The summed E-state index contributed by atoms with van der Waals surface area (Å²) in [5.74, 6) is 0. The van der Waals surface area contributed by atoms with Crippen molar-refractivity contribution >= 4 is 22.9 Å². The number of thiazole rings is 1. The summed E-state index contributed by atoms with van der Waals surface area (Å²) in [6, 6.07) is 5.92. The molecule has 1 aromatic carbocycles. The van der Waals surface area contributed by atoms with Crippen LogP contribution >= 0.6 is 22.9 Å². The van der Waals surface area contributed by atoms with Crippen LogP contribution in [-0.2, 0) is 6.54 Å². The summed E-state index contributed by atoms with van der Waals surface area (Å²) in [7, 11) is 0. The van der Waals surface area contributed by atoms with Crippen LogP contribution in [-0.4, -0.2) is 23.0 Å². The monoisotopic (exact) mass is 322 g/mol. The number of hydrogen-bond donors (Lipinski definition) is 1. The van der Waals surface area contributed by atoms with Crippen molar-refractivity contribution in [2.75, 3.05) is 13.1 Å². The molecule has 2 heterocycles. The topological polar surface area (TPSA) is 36.1 Å². The minimum atomic E-state index is 0.0182. The van der Waals surface area contributed by atoms with Crippen molar-refractivity contribution in [3.05, 3.63) is 43.3 Å². The molecule has 1 aliphatic heterocycles. The molecule has 0 saturated carbocycles. The van der Waals surface area contributed by atoms with Crippen LogP contribution in [0.1, 0.15) is 29.7 Å². The molecule has 1 N–H and O–H groups in total. The van der Waals surface area contributed by atoms with Gasteiger partial charge in [-0.2, -0.15) is 0 Å². The summed E-state index contributed by atoms with van der Waals surface area (Å²) >= 11 is 7.42. The molecule has 0 bridgehead atoms. The van der Waals surface area contributed by atoms with E-state index >= 15 is 0 Å². The van der Waals surface area contributed by atoms with Crippen LogP contribution in [0.2, 0.25) is 5.02 Å². The van der Waals surface area contributed by atoms with Gasteiger partial charge in [-0.3, -0.25) is 9.69 Å². The van der Waals surface area contributed by atoms with E-state index in [1.807, 2.05) is 25.1 Å². The van der Waals surface area contributed by atoms with E-state index in [-0.39, 0.29) is 4.87 Å². The summed E-state index contributed by atoms with van der Waals surface area (Å²) in [4.78, 5) is 18.4. The van der Waals surface area contributed by atoms with Crippen LogP contribution in [0.3, 0.4) is 0 Å². The Balaban J connectivity index is 1.91. The number of aryl methyl sites for hydroxylation is 1. The summed E-state index contributed by atoms with van der Waals surface area (Å²) in [5.41, 5.74) is 3.03. The highest BCUT2D eigenvalue weighted by Gasteiger charge is 2.16. The number of rotatable bonds is 3. The molecule has 0 amide bonds. The lowest BCUT2D eigenvalue weighted by Gasteiger charge is -2.26. The van der Waals surface area contributed by atoms with Crippen molar-refractivity contribution in [1.29, 1.82) is 0 Å². The number of hydrogen-bond acceptors (Lipinski definition) is 3. The Bertz CT molecular complexity index is 686. The van der Waals surface area contributed by atoms with Crippen molar-refractivity contribution in [1.82, 2.24) is 9.88 Å². The van der Waals surface area contributed by atoms with Crippen molar-refractivity contribution in [2.24, 2.45) is 0 Å². The second-order valence-corrected chi connectivity index (χ2v) is 7.09. The number of likely N-dealkylation sites (tertiary alicyclic amines) is 1. The molecule has 0 unspecified atom stereocenters.